The van der Waals surface area contributed by atoms with Crippen LogP contribution in [0.1, 0.15) is 33.2 Å². The number of aliphatic hydroxyl groups is 1. The number of benzene rings is 1. The maximum absolute atomic E-state index is 14.6. The second-order valence-corrected chi connectivity index (χ2v) is 9.95. The first-order chi connectivity index (χ1) is 18.3. The van der Waals surface area contributed by atoms with E-state index in [4.69, 9.17) is 16.4 Å². The van der Waals surface area contributed by atoms with E-state index >= 15 is 0 Å². The Bertz CT molecular complexity index is 1700. The summed E-state index contributed by atoms with van der Waals surface area (Å²) in [6.07, 6.45) is 5.35. The van der Waals surface area contributed by atoms with Gasteiger partial charge in [-0.15, -0.1) is 16.4 Å². The number of tetrazole rings is 1. The Labute approximate surface area is 222 Å². The second kappa shape index (κ2) is 8.97. The number of aromatic amines is 1. The largest absolute Gasteiger partial charge is 0.477 e. The number of carboxylic acids is 1. The number of halogens is 2. The van der Waals surface area contributed by atoms with Gasteiger partial charge in [0, 0.05) is 31.8 Å². The molecule has 1 atom stereocenters. The Balaban J connectivity index is 1.44. The zero-order chi connectivity index (χ0) is 26.6. The molecule has 4 heterocycles. The number of hydrogen-bond acceptors (Lipinski definition) is 8. The number of fused-ring (bicyclic) bond motifs is 1. The van der Waals surface area contributed by atoms with Crippen LogP contribution in [0, 0.1) is 5.82 Å². The molecule has 6 rings (SSSR count). The van der Waals surface area contributed by atoms with Gasteiger partial charge in [-0.3, -0.25) is 4.84 Å². The van der Waals surface area contributed by atoms with E-state index in [0.29, 0.717) is 22.8 Å². The Hall–Kier alpha value is -4.20. The van der Waals surface area contributed by atoms with Crippen molar-refractivity contribution >= 4 is 28.9 Å². The van der Waals surface area contributed by atoms with Crippen LogP contribution < -0.4 is 9.57 Å². The summed E-state index contributed by atoms with van der Waals surface area (Å²) in [5.74, 6) is -2.01. The van der Waals surface area contributed by atoms with Crippen LogP contribution in [-0.2, 0) is 12.0 Å². The summed E-state index contributed by atoms with van der Waals surface area (Å²) >= 11 is 7.10. The van der Waals surface area contributed by atoms with E-state index in [1.54, 1.807) is 24.4 Å². The van der Waals surface area contributed by atoms with Crippen molar-refractivity contribution in [1.82, 2.24) is 30.2 Å². The van der Waals surface area contributed by atoms with E-state index in [-0.39, 0.29) is 23.5 Å². The Morgan fingerprint density at radius 2 is 2.18 bits per heavy atom. The van der Waals surface area contributed by atoms with Crippen molar-refractivity contribution in [2.45, 2.75) is 18.4 Å². The van der Waals surface area contributed by atoms with Gasteiger partial charge in [0.1, 0.15) is 24.1 Å². The zero-order valence-electron chi connectivity index (χ0n) is 19.6. The summed E-state index contributed by atoms with van der Waals surface area (Å²) < 4.78 is 17.6. The Morgan fingerprint density at radius 3 is 2.89 bits per heavy atom. The third-order valence-corrected chi connectivity index (χ3v) is 7.68. The maximum Gasteiger partial charge on any atom is 0.348 e. The molecule has 14 heteroatoms. The molecule has 3 N–H and O–H groups in total. The maximum atomic E-state index is 14.6. The molecule has 0 aliphatic heterocycles. The number of pyridine rings is 1. The van der Waals surface area contributed by atoms with E-state index in [1.165, 1.54) is 34.4 Å². The normalized spacial score (nSPS) is 16.5. The van der Waals surface area contributed by atoms with Crippen molar-refractivity contribution in [3.8, 4) is 28.1 Å². The Morgan fingerprint density at radius 1 is 1.34 bits per heavy atom. The predicted octanol–water partition coefficient (Wildman–Crippen LogP) is 2.80. The summed E-state index contributed by atoms with van der Waals surface area (Å²) in [6.45, 7) is 0. The molecule has 1 aromatic carbocycles. The average molecular weight is 555 g/mol. The molecule has 11 nitrogen and oxygen atoms in total. The van der Waals surface area contributed by atoms with Gasteiger partial charge in [0.2, 0.25) is 11.8 Å². The number of aromatic carboxylic acids is 1. The molecule has 4 aromatic heterocycles. The molecule has 0 saturated heterocycles. The van der Waals surface area contributed by atoms with Crippen molar-refractivity contribution in [2.24, 2.45) is 0 Å². The minimum atomic E-state index is -1.57. The highest BCUT2D eigenvalue weighted by molar-refractivity contribution is 7.12. The van der Waals surface area contributed by atoms with Crippen LogP contribution >= 0.6 is 22.9 Å². The van der Waals surface area contributed by atoms with Gasteiger partial charge in [-0.2, -0.15) is 4.68 Å². The fourth-order valence-electron chi connectivity index (χ4n) is 4.77. The molecule has 0 bridgehead atoms. The molecule has 1 aliphatic rings. The molecule has 5 aromatic rings. The van der Waals surface area contributed by atoms with Crippen LogP contribution in [0.25, 0.3) is 28.1 Å². The summed E-state index contributed by atoms with van der Waals surface area (Å²) in [4.78, 5) is 23.8. The molecule has 0 fully saturated rings. The number of nitrogens with zero attached hydrogens (tertiary/aromatic N) is 6. The standard InChI is InChI=1S/C24H17ClFN7O4S/c1-37-33-9-13(15-7-14(25)2-3-18(15)32-11-28-30-31-32)6-12-4-5-24(36,21(12)33)23-27-8-17(29-23)16-10-38-20(19(16)26)22(34)35/h2-3,6-11,36H,4-5H2,1H3,(H-,27,29,34,35)/p+1. The number of aryl methyl sites for hydroxylation is 1. The van der Waals surface area contributed by atoms with Gasteiger partial charge in [-0.05, 0) is 47.5 Å². The number of H-pyrrole nitrogens is 1. The van der Waals surface area contributed by atoms with Crippen LogP contribution in [0.5, 0.6) is 0 Å². The minimum absolute atomic E-state index is 0.0685. The fourth-order valence-corrected chi connectivity index (χ4v) is 5.72. The molecule has 38 heavy (non-hydrogen) atoms. The summed E-state index contributed by atoms with van der Waals surface area (Å²) in [5, 5.41) is 34.3. The zero-order valence-corrected chi connectivity index (χ0v) is 21.2. The SMILES string of the molecule is CO[n+]1cc(-c2cc(Cl)ccc2-n2cnnn2)cc2c1C(O)(c1ncc(-c3csc(C(=O)O)c3F)[nH]1)CC2. The number of nitrogens with one attached hydrogen (secondary N) is 1. The number of carboxylic acid groups (broad SMARTS) is 1. The van der Waals surface area contributed by atoms with Crippen molar-refractivity contribution in [3.05, 3.63) is 81.2 Å². The highest BCUT2D eigenvalue weighted by atomic mass is 35.5. The van der Waals surface area contributed by atoms with Gasteiger partial charge >= 0.3 is 5.97 Å². The first-order valence-corrected chi connectivity index (χ1v) is 12.5. The molecule has 1 aliphatic carbocycles. The van der Waals surface area contributed by atoms with Gasteiger partial charge in [-0.1, -0.05) is 11.6 Å². The lowest BCUT2D eigenvalue weighted by Crippen LogP contribution is -2.50. The number of rotatable bonds is 6. The average Bonchev–Trinajstić information content (AvgIpc) is 3.70. The van der Waals surface area contributed by atoms with Gasteiger partial charge in [-0.25, -0.2) is 14.2 Å². The van der Waals surface area contributed by atoms with Crippen molar-refractivity contribution in [1.29, 1.82) is 0 Å². The molecular weight excluding hydrogens is 537 g/mol. The lowest BCUT2D eigenvalue weighted by molar-refractivity contribution is -0.893. The molecule has 1 unspecified atom stereocenters. The van der Waals surface area contributed by atoms with Crippen LogP contribution in [0.15, 0.2) is 48.4 Å². The predicted molar refractivity (Wildman–Crippen MR) is 132 cm³/mol. The molecule has 0 radical (unpaired) electrons. The fraction of sp³-hybridized carbons (Fsp3) is 0.167. The van der Waals surface area contributed by atoms with Gasteiger partial charge < -0.3 is 15.2 Å². The van der Waals surface area contributed by atoms with E-state index in [1.807, 2.05) is 6.07 Å². The summed E-state index contributed by atoms with van der Waals surface area (Å²) in [5.41, 5.74) is 2.23. The monoisotopic (exact) mass is 554 g/mol. The minimum Gasteiger partial charge on any atom is -0.477 e. The van der Waals surface area contributed by atoms with Crippen LogP contribution in [-0.4, -0.2) is 53.5 Å². The lowest BCUT2D eigenvalue weighted by atomic mass is 9.98. The second-order valence-electron chi connectivity index (χ2n) is 8.63. The van der Waals surface area contributed by atoms with Crippen LogP contribution in [0.3, 0.4) is 0 Å². The van der Waals surface area contributed by atoms with E-state index in [0.717, 1.165) is 28.0 Å². The highest BCUT2D eigenvalue weighted by Gasteiger charge is 2.50. The molecule has 192 valence electrons. The molecule has 0 saturated carbocycles. The molecule has 0 amide bonds. The Kier molecular flexibility index (Phi) is 5.70. The third-order valence-electron chi connectivity index (χ3n) is 6.50. The first kappa shape index (κ1) is 24.2. The van der Waals surface area contributed by atoms with E-state index < -0.39 is 22.3 Å². The van der Waals surface area contributed by atoms with Crippen LogP contribution in [0.4, 0.5) is 4.39 Å². The summed E-state index contributed by atoms with van der Waals surface area (Å²) in [7, 11) is 1.48. The molecule has 0 spiro atoms. The van der Waals surface area contributed by atoms with Gasteiger partial charge in [0.05, 0.1) is 23.1 Å². The topological polar surface area (TPSA) is 143 Å². The smallest absolute Gasteiger partial charge is 0.348 e. The number of aromatic nitrogens is 7. The van der Waals surface area contributed by atoms with Crippen molar-refractivity contribution < 1.29 is 29.0 Å². The third kappa shape index (κ3) is 3.74. The van der Waals surface area contributed by atoms with Gasteiger partial charge in [0.25, 0.3) is 5.69 Å². The lowest BCUT2D eigenvalue weighted by Gasteiger charge is -2.18. The molecular formula is C24H18ClFN7O4S+. The van der Waals surface area contributed by atoms with E-state index in [9.17, 15) is 19.4 Å². The first-order valence-electron chi connectivity index (χ1n) is 11.3. The van der Waals surface area contributed by atoms with Gasteiger partial charge in [0.15, 0.2) is 5.82 Å². The number of hydrogen-bond donors (Lipinski definition) is 3. The van der Waals surface area contributed by atoms with Crippen LogP contribution in [0.2, 0.25) is 5.02 Å². The number of thiophene rings is 1. The number of carbonyl (C=O) groups is 1. The quantitative estimate of drug-likeness (QED) is 0.272. The highest BCUT2D eigenvalue weighted by Crippen LogP contribution is 2.41. The van der Waals surface area contributed by atoms with E-state index in [2.05, 4.69) is 25.5 Å². The number of imidazole rings is 1. The summed E-state index contributed by atoms with van der Waals surface area (Å²) in [6, 6.07) is 7.27. The van der Waals surface area contributed by atoms with Crippen molar-refractivity contribution in [3.63, 3.8) is 0 Å². The van der Waals surface area contributed by atoms with Crippen molar-refractivity contribution in [2.75, 3.05) is 7.11 Å².